The lowest BCUT2D eigenvalue weighted by Gasteiger charge is -2.27. The highest BCUT2D eigenvalue weighted by Crippen LogP contribution is 2.40. The van der Waals surface area contributed by atoms with Gasteiger partial charge in [0, 0.05) is 0 Å². The molecule has 0 aliphatic carbocycles. The van der Waals surface area contributed by atoms with Crippen molar-refractivity contribution in [2.24, 2.45) is 5.73 Å². The number of aromatic hydroxyl groups is 2. The van der Waals surface area contributed by atoms with Crippen LogP contribution in [0.2, 0.25) is 0 Å². The van der Waals surface area contributed by atoms with E-state index in [1.54, 1.807) is 32.1 Å². The van der Waals surface area contributed by atoms with E-state index in [0.717, 1.165) is 15.9 Å². The van der Waals surface area contributed by atoms with Crippen molar-refractivity contribution in [1.29, 1.82) is 0 Å². The van der Waals surface area contributed by atoms with E-state index in [2.05, 4.69) is 0 Å². The van der Waals surface area contributed by atoms with Gasteiger partial charge in [-0.05, 0) is 55.3 Å². The SMILES string of the molecule is CCOC(=O)C1=C(N)n2c(s/c(=C\c3ccc(O)c(OC)c3)c2=O)=C(C(=O)OCC)[C@H]1c1ccc(O)c(OC)c1. The van der Waals surface area contributed by atoms with Gasteiger partial charge < -0.3 is 34.9 Å². The van der Waals surface area contributed by atoms with Crippen LogP contribution in [0.3, 0.4) is 0 Å². The molecule has 1 aliphatic heterocycles. The van der Waals surface area contributed by atoms with E-state index < -0.39 is 23.4 Å². The van der Waals surface area contributed by atoms with Crippen LogP contribution in [-0.2, 0) is 19.1 Å². The van der Waals surface area contributed by atoms with Gasteiger partial charge in [0.25, 0.3) is 5.56 Å². The third-order valence-electron chi connectivity index (χ3n) is 6.18. The van der Waals surface area contributed by atoms with Crippen molar-refractivity contribution < 1.29 is 38.7 Å². The first kappa shape index (κ1) is 28.3. The minimum atomic E-state index is -1.10. The normalized spacial score (nSPS) is 15.1. The van der Waals surface area contributed by atoms with Gasteiger partial charge in [0.1, 0.15) is 10.5 Å². The topological polar surface area (TPSA) is 160 Å². The van der Waals surface area contributed by atoms with Crippen molar-refractivity contribution in [2.45, 2.75) is 19.8 Å². The molecular formula is C28H28N2O9S. The number of hydrogen-bond acceptors (Lipinski definition) is 11. The zero-order chi connectivity index (χ0) is 29.1. The van der Waals surface area contributed by atoms with Crippen LogP contribution in [-0.4, -0.2) is 54.2 Å². The largest absolute Gasteiger partial charge is 0.504 e. The number of hydrogen-bond donors (Lipinski definition) is 3. The summed E-state index contributed by atoms with van der Waals surface area (Å²) < 4.78 is 22.5. The van der Waals surface area contributed by atoms with E-state index in [-0.39, 0.29) is 62.4 Å². The van der Waals surface area contributed by atoms with Gasteiger partial charge in [0.15, 0.2) is 23.0 Å². The van der Waals surface area contributed by atoms with Crippen LogP contribution in [0.5, 0.6) is 23.0 Å². The minimum Gasteiger partial charge on any atom is -0.504 e. The Morgan fingerprint density at radius 2 is 1.52 bits per heavy atom. The molecule has 0 fully saturated rings. The maximum absolute atomic E-state index is 13.7. The highest BCUT2D eigenvalue weighted by Gasteiger charge is 2.40. The summed E-state index contributed by atoms with van der Waals surface area (Å²) in [7, 11) is 2.77. The van der Waals surface area contributed by atoms with E-state index in [1.807, 2.05) is 0 Å². The standard InChI is InChI=1S/C28H28N2O9S/c1-5-38-27(34)22-21(15-8-10-17(32)19(13-15)37-4)23(28(35)39-6-2)26-30(24(22)29)25(33)20(40-26)12-14-7-9-16(31)18(11-14)36-3/h7-13,21,31-32H,5-6,29H2,1-4H3/b20-12-/t21-/m0/s1. The molecule has 3 aromatic rings. The van der Waals surface area contributed by atoms with Crippen LogP contribution in [0.4, 0.5) is 0 Å². The van der Waals surface area contributed by atoms with Crippen molar-refractivity contribution in [3.05, 3.63) is 72.6 Å². The van der Waals surface area contributed by atoms with Gasteiger partial charge in [0.2, 0.25) is 0 Å². The number of thiazole rings is 1. The lowest BCUT2D eigenvalue weighted by molar-refractivity contribution is -0.138. The number of ether oxygens (including phenoxy) is 4. The average molecular weight is 569 g/mol. The Bertz CT molecular complexity index is 1700. The number of nitrogens with zero attached hydrogens (tertiary/aromatic N) is 1. The van der Waals surface area contributed by atoms with E-state index in [4.69, 9.17) is 24.7 Å². The molecule has 0 spiro atoms. The number of carbonyl (C=O) groups is 2. The Balaban J connectivity index is 2.12. The Morgan fingerprint density at radius 1 is 0.950 bits per heavy atom. The molecule has 2 heterocycles. The maximum atomic E-state index is 13.7. The lowest BCUT2D eigenvalue weighted by Crippen LogP contribution is -2.42. The molecule has 0 amide bonds. The number of nitrogens with two attached hydrogens (primary N) is 1. The fraction of sp³-hybridized carbons (Fsp3) is 0.250. The van der Waals surface area contributed by atoms with Gasteiger partial charge in [-0.25, -0.2) is 9.59 Å². The van der Waals surface area contributed by atoms with Gasteiger partial charge in [-0.3, -0.25) is 9.36 Å². The molecule has 1 aromatic heterocycles. The molecule has 0 radical (unpaired) electrons. The molecule has 0 saturated heterocycles. The van der Waals surface area contributed by atoms with E-state index >= 15 is 0 Å². The number of phenolic OH excluding ortho intramolecular Hbond substituents is 2. The number of benzene rings is 2. The molecular weight excluding hydrogens is 540 g/mol. The number of esters is 2. The molecule has 210 valence electrons. The first-order valence-electron chi connectivity index (χ1n) is 12.2. The third-order valence-corrected chi connectivity index (χ3v) is 7.29. The minimum absolute atomic E-state index is 0.00289. The molecule has 0 saturated carbocycles. The Kier molecular flexibility index (Phi) is 8.19. The number of carbonyl (C=O) groups excluding carboxylic acids is 2. The summed E-state index contributed by atoms with van der Waals surface area (Å²) in [6.45, 7) is 3.30. The summed E-state index contributed by atoms with van der Waals surface area (Å²) in [5.74, 6) is -2.80. The highest BCUT2D eigenvalue weighted by atomic mass is 32.1. The first-order valence-corrected chi connectivity index (χ1v) is 13.0. The molecule has 1 aliphatic rings. The van der Waals surface area contributed by atoms with Gasteiger partial charge in [-0.2, -0.15) is 0 Å². The van der Waals surface area contributed by atoms with Gasteiger partial charge >= 0.3 is 11.9 Å². The second-order valence-electron chi connectivity index (χ2n) is 8.51. The number of fused-ring (bicyclic) bond motifs is 1. The maximum Gasteiger partial charge on any atom is 0.338 e. The number of methoxy groups -OCH3 is 2. The van der Waals surface area contributed by atoms with Crippen molar-refractivity contribution in [3.63, 3.8) is 0 Å². The fourth-order valence-electron chi connectivity index (χ4n) is 4.41. The number of phenols is 2. The Hall–Kier alpha value is -4.71. The van der Waals surface area contributed by atoms with E-state index in [9.17, 15) is 24.6 Å². The van der Waals surface area contributed by atoms with Crippen LogP contribution in [0.25, 0.3) is 17.5 Å². The summed E-state index contributed by atoms with van der Waals surface area (Å²) in [4.78, 5) is 40.4. The smallest absolute Gasteiger partial charge is 0.338 e. The van der Waals surface area contributed by atoms with Crippen molar-refractivity contribution >= 4 is 40.7 Å². The monoisotopic (exact) mass is 568 g/mol. The number of rotatable bonds is 8. The Labute approximate surface area is 232 Å². The highest BCUT2D eigenvalue weighted by molar-refractivity contribution is 7.07. The van der Waals surface area contributed by atoms with Gasteiger partial charge in [-0.15, -0.1) is 11.3 Å². The molecule has 0 bridgehead atoms. The second-order valence-corrected chi connectivity index (χ2v) is 9.54. The molecule has 40 heavy (non-hydrogen) atoms. The fourth-order valence-corrected chi connectivity index (χ4v) is 5.57. The number of aromatic nitrogens is 1. The van der Waals surface area contributed by atoms with Crippen LogP contribution in [0.1, 0.15) is 30.9 Å². The zero-order valence-electron chi connectivity index (χ0n) is 22.2. The lowest BCUT2D eigenvalue weighted by atomic mass is 9.83. The average Bonchev–Trinajstić information content (AvgIpc) is 3.25. The zero-order valence-corrected chi connectivity index (χ0v) is 23.0. The Morgan fingerprint density at radius 3 is 2.12 bits per heavy atom. The predicted octanol–water partition coefficient (Wildman–Crippen LogP) is 1.37. The summed E-state index contributed by atoms with van der Waals surface area (Å²) in [6.07, 6.45) is 1.55. The molecule has 11 nitrogen and oxygen atoms in total. The summed E-state index contributed by atoms with van der Waals surface area (Å²) >= 11 is 0.986. The van der Waals surface area contributed by atoms with Crippen LogP contribution in [0, 0.1) is 0 Å². The second kappa shape index (κ2) is 11.6. The molecule has 1 atom stereocenters. The van der Waals surface area contributed by atoms with Crippen molar-refractivity contribution in [3.8, 4) is 23.0 Å². The quantitative estimate of drug-likeness (QED) is 0.339. The predicted molar refractivity (Wildman–Crippen MR) is 148 cm³/mol. The van der Waals surface area contributed by atoms with Crippen LogP contribution < -0.4 is 30.0 Å². The van der Waals surface area contributed by atoms with E-state index in [0.29, 0.717) is 11.1 Å². The molecule has 4 N–H and O–H groups in total. The van der Waals surface area contributed by atoms with Gasteiger partial charge in [-0.1, -0.05) is 12.1 Å². The van der Waals surface area contributed by atoms with Gasteiger partial charge in [0.05, 0.1) is 49.0 Å². The molecule has 12 heteroatoms. The molecule has 0 unspecified atom stereocenters. The summed E-state index contributed by atoms with van der Waals surface area (Å²) in [5, 5.41) is 20.1. The first-order chi connectivity index (χ1) is 19.2. The van der Waals surface area contributed by atoms with Crippen LogP contribution >= 0.6 is 11.3 Å². The van der Waals surface area contributed by atoms with Crippen molar-refractivity contribution in [1.82, 2.24) is 4.57 Å². The summed E-state index contributed by atoms with van der Waals surface area (Å²) in [6, 6.07) is 8.92. The van der Waals surface area contributed by atoms with E-state index in [1.165, 1.54) is 38.5 Å². The summed E-state index contributed by atoms with van der Waals surface area (Å²) in [5.41, 5.74) is 6.70. The molecule has 4 rings (SSSR count). The third kappa shape index (κ3) is 5.00. The molecule has 2 aromatic carbocycles. The van der Waals surface area contributed by atoms with Crippen LogP contribution in [0.15, 0.2) is 46.8 Å². The van der Waals surface area contributed by atoms with Crippen molar-refractivity contribution in [2.75, 3.05) is 27.4 Å².